The lowest BCUT2D eigenvalue weighted by atomic mass is 10.0. The van der Waals surface area contributed by atoms with Crippen molar-refractivity contribution >= 4 is 22.9 Å². The monoisotopic (exact) mass is 309 g/mol. The molecule has 1 aromatic heterocycles. The van der Waals surface area contributed by atoms with Gasteiger partial charge in [0.05, 0.1) is 12.3 Å². The van der Waals surface area contributed by atoms with E-state index in [1.54, 1.807) is 11.3 Å². The molecule has 0 radical (unpaired) electrons. The van der Waals surface area contributed by atoms with Gasteiger partial charge >= 0.3 is 0 Å². The number of rotatable bonds is 6. The zero-order valence-corrected chi connectivity index (χ0v) is 13.7. The van der Waals surface area contributed by atoms with Gasteiger partial charge < -0.3 is 4.74 Å². The molecule has 0 N–H and O–H groups in total. The van der Waals surface area contributed by atoms with Gasteiger partial charge in [-0.25, -0.2) is 4.98 Å². The molecule has 4 heteroatoms. The molecule has 0 amide bonds. The van der Waals surface area contributed by atoms with Gasteiger partial charge in [0.25, 0.3) is 0 Å². The van der Waals surface area contributed by atoms with E-state index in [4.69, 9.17) is 16.3 Å². The van der Waals surface area contributed by atoms with Crippen LogP contribution >= 0.6 is 22.9 Å². The molecule has 2 nitrogen and oxygen atoms in total. The average molecular weight is 310 g/mol. The Bertz CT molecular complexity index is 565. The van der Waals surface area contributed by atoms with Crippen molar-refractivity contribution in [3.8, 4) is 17.0 Å². The van der Waals surface area contributed by atoms with Crippen LogP contribution in [0.4, 0.5) is 0 Å². The zero-order chi connectivity index (χ0) is 14.5. The molecule has 0 aliphatic heterocycles. The van der Waals surface area contributed by atoms with Gasteiger partial charge in [0.1, 0.15) is 5.75 Å². The van der Waals surface area contributed by atoms with Crippen LogP contribution in [0.5, 0.6) is 5.75 Å². The highest BCUT2D eigenvalue weighted by atomic mass is 35.5. The van der Waals surface area contributed by atoms with Crippen LogP contribution < -0.4 is 4.74 Å². The topological polar surface area (TPSA) is 22.1 Å². The van der Waals surface area contributed by atoms with E-state index in [1.165, 1.54) is 4.88 Å². The highest BCUT2D eigenvalue weighted by Crippen LogP contribution is 2.34. The first kappa shape index (κ1) is 15.3. The van der Waals surface area contributed by atoms with E-state index in [9.17, 15) is 0 Å². The van der Waals surface area contributed by atoms with Gasteiger partial charge in [-0.2, -0.15) is 0 Å². The summed E-state index contributed by atoms with van der Waals surface area (Å²) < 4.78 is 6.29. The highest BCUT2D eigenvalue weighted by molar-refractivity contribution is 7.16. The largest absolute Gasteiger partial charge is 0.494 e. The van der Waals surface area contributed by atoms with Gasteiger partial charge in [-0.1, -0.05) is 44.5 Å². The lowest BCUT2D eigenvalue weighted by Crippen LogP contribution is -1.96. The minimum Gasteiger partial charge on any atom is -0.494 e. The molecule has 20 heavy (non-hydrogen) atoms. The number of aromatic nitrogens is 1. The third-order valence-corrected chi connectivity index (χ3v) is 4.03. The second-order valence-corrected chi connectivity index (χ2v) is 6.88. The second kappa shape index (κ2) is 7.09. The molecule has 1 heterocycles. The minimum absolute atomic E-state index is 0.588. The standard InChI is InChI=1S/C16H20ClNOS/c1-4-8-19-13-7-5-6-12(10-13)15-14(9-11(2)3)20-16(17)18-15/h5-7,10-11H,4,8-9H2,1-3H3. The minimum atomic E-state index is 0.588. The SMILES string of the molecule is CCCOc1cccc(-c2nc(Cl)sc2CC(C)C)c1. The van der Waals surface area contributed by atoms with Crippen molar-refractivity contribution in [3.05, 3.63) is 33.6 Å². The van der Waals surface area contributed by atoms with Crippen molar-refractivity contribution in [1.29, 1.82) is 0 Å². The molecule has 0 atom stereocenters. The zero-order valence-electron chi connectivity index (χ0n) is 12.1. The molecule has 0 bridgehead atoms. The van der Waals surface area contributed by atoms with Crippen LogP contribution in [-0.2, 0) is 6.42 Å². The predicted molar refractivity (Wildman–Crippen MR) is 86.9 cm³/mol. The lowest BCUT2D eigenvalue weighted by Gasteiger charge is -2.08. The van der Waals surface area contributed by atoms with Crippen LogP contribution in [0.2, 0.25) is 4.47 Å². The molecule has 2 aromatic rings. The number of hydrogen-bond acceptors (Lipinski definition) is 3. The van der Waals surface area contributed by atoms with Gasteiger partial charge in [-0.3, -0.25) is 0 Å². The molecule has 0 aliphatic rings. The van der Waals surface area contributed by atoms with Crippen molar-refractivity contribution in [2.45, 2.75) is 33.6 Å². The van der Waals surface area contributed by atoms with Crippen molar-refractivity contribution < 1.29 is 4.74 Å². The molecule has 0 saturated carbocycles. The van der Waals surface area contributed by atoms with Crippen LogP contribution in [0, 0.1) is 5.92 Å². The Morgan fingerprint density at radius 1 is 1.35 bits per heavy atom. The Morgan fingerprint density at radius 2 is 2.15 bits per heavy atom. The molecule has 0 fully saturated rings. The summed E-state index contributed by atoms with van der Waals surface area (Å²) in [6, 6.07) is 8.10. The summed E-state index contributed by atoms with van der Waals surface area (Å²) in [6.45, 7) is 7.25. The fourth-order valence-corrected chi connectivity index (χ4v) is 3.39. The van der Waals surface area contributed by atoms with Gasteiger partial charge in [0.2, 0.25) is 0 Å². The van der Waals surface area contributed by atoms with Crippen LogP contribution in [0.15, 0.2) is 24.3 Å². The van der Waals surface area contributed by atoms with E-state index >= 15 is 0 Å². The maximum atomic E-state index is 6.10. The third kappa shape index (κ3) is 3.97. The number of benzene rings is 1. The van der Waals surface area contributed by atoms with Gasteiger partial charge in [0, 0.05) is 10.4 Å². The van der Waals surface area contributed by atoms with E-state index in [0.717, 1.165) is 36.5 Å². The Morgan fingerprint density at radius 3 is 2.85 bits per heavy atom. The van der Waals surface area contributed by atoms with E-state index in [1.807, 2.05) is 18.2 Å². The van der Waals surface area contributed by atoms with E-state index in [0.29, 0.717) is 10.4 Å². The molecule has 108 valence electrons. The molecular formula is C16H20ClNOS. The van der Waals surface area contributed by atoms with E-state index < -0.39 is 0 Å². The average Bonchev–Trinajstić information content (AvgIpc) is 2.76. The molecule has 1 aromatic carbocycles. The van der Waals surface area contributed by atoms with Crippen molar-refractivity contribution in [3.63, 3.8) is 0 Å². The normalized spacial score (nSPS) is 11.1. The highest BCUT2D eigenvalue weighted by Gasteiger charge is 2.14. The lowest BCUT2D eigenvalue weighted by molar-refractivity contribution is 0.317. The van der Waals surface area contributed by atoms with E-state index in [-0.39, 0.29) is 0 Å². The summed E-state index contributed by atoms with van der Waals surface area (Å²) in [5.41, 5.74) is 2.08. The first-order valence-electron chi connectivity index (χ1n) is 6.98. The summed E-state index contributed by atoms with van der Waals surface area (Å²) in [7, 11) is 0. The Balaban J connectivity index is 2.30. The number of thiazole rings is 1. The van der Waals surface area contributed by atoms with Gasteiger partial charge in [-0.05, 0) is 30.9 Å². The number of nitrogens with zero attached hydrogens (tertiary/aromatic N) is 1. The van der Waals surface area contributed by atoms with Crippen molar-refractivity contribution in [2.24, 2.45) is 5.92 Å². The Labute approximate surface area is 129 Å². The molecule has 2 rings (SSSR count). The van der Waals surface area contributed by atoms with Gasteiger partial charge in [-0.15, -0.1) is 11.3 Å². The molecule has 0 aliphatic carbocycles. The number of ether oxygens (including phenoxy) is 1. The molecule has 0 saturated heterocycles. The third-order valence-electron chi connectivity index (χ3n) is 2.85. The Kier molecular flexibility index (Phi) is 5.44. The maximum absolute atomic E-state index is 6.10. The summed E-state index contributed by atoms with van der Waals surface area (Å²) in [5, 5.41) is 0. The van der Waals surface area contributed by atoms with Crippen LogP contribution in [0.3, 0.4) is 0 Å². The van der Waals surface area contributed by atoms with Crippen molar-refractivity contribution in [2.75, 3.05) is 6.61 Å². The fraction of sp³-hybridized carbons (Fsp3) is 0.438. The van der Waals surface area contributed by atoms with Crippen molar-refractivity contribution in [1.82, 2.24) is 4.98 Å². The first-order chi connectivity index (χ1) is 9.60. The number of hydrogen-bond donors (Lipinski definition) is 0. The van der Waals surface area contributed by atoms with Crippen LogP contribution in [-0.4, -0.2) is 11.6 Å². The number of halogens is 1. The van der Waals surface area contributed by atoms with Gasteiger partial charge in [0.15, 0.2) is 4.47 Å². The molecule has 0 unspecified atom stereocenters. The summed E-state index contributed by atoms with van der Waals surface area (Å²) >= 11 is 7.67. The summed E-state index contributed by atoms with van der Waals surface area (Å²) in [6.07, 6.45) is 2.01. The molecule has 0 spiro atoms. The Hall–Kier alpha value is -1.06. The van der Waals surface area contributed by atoms with E-state index in [2.05, 4.69) is 31.8 Å². The predicted octanol–water partition coefficient (Wildman–Crippen LogP) is 5.45. The quantitative estimate of drug-likeness (QED) is 0.707. The first-order valence-corrected chi connectivity index (χ1v) is 8.18. The summed E-state index contributed by atoms with van der Waals surface area (Å²) in [5.74, 6) is 1.48. The second-order valence-electron chi connectivity index (χ2n) is 5.21. The fourth-order valence-electron chi connectivity index (χ4n) is 2.01. The summed E-state index contributed by atoms with van der Waals surface area (Å²) in [4.78, 5) is 5.73. The molecular weight excluding hydrogens is 290 g/mol. The maximum Gasteiger partial charge on any atom is 0.184 e. The van der Waals surface area contributed by atoms with Crippen LogP contribution in [0.1, 0.15) is 32.1 Å². The smallest absolute Gasteiger partial charge is 0.184 e. The van der Waals surface area contributed by atoms with Crippen LogP contribution in [0.25, 0.3) is 11.3 Å².